The van der Waals surface area contributed by atoms with Gasteiger partial charge < -0.3 is 6.15 Å². The van der Waals surface area contributed by atoms with Gasteiger partial charge in [-0.2, -0.15) is 13.2 Å². The molecule has 0 bridgehead atoms. The van der Waals surface area contributed by atoms with Gasteiger partial charge in [0.05, 0.1) is 5.01 Å². The lowest BCUT2D eigenvalue weighted by Crippen LogP contribution is -2.06. The molecule has 3 N–H and O–H groups in total. The molecule has 0 amide bonds. The first kappa shape index (κ1) is 11.4. The van der Waals surface area contributed by atoms with Gasteiger partial charge in [0.1, 0.15) is 0 Å². The third-order valence-corrected chi connectivity index (χ3v) is 2.06. The fraction of sp³-hybridized carbons (Fsp3) is 0.500. The van der Waals surface area contributed by atoms with E-state index in [2.05, 4.69) is 4.98 Å². The number of aromatic nitrogens is 1. The molecule has 6 heteroatoms. The predicted octanol–water partition coefficient (Wildman–Crippen LogP) is 2.94. The Balaban J connectivity index is 0.00000121. The van der Waals surface area contributed by atoms with Gasteiger partial charge in [-0.3, -0.25) is 0 Å². The van der Waals surface area contributed by atoms with Gasteiger partial charge in [-0.05, 0) is 13.8 Å². The van der Waals surface area contributed by atoms with E-state index < -0.39 is 11.9 Å². The first-order valence-electron chi connectivity index (χ1n) is 2.92. The summed E-state index contributed by atoms with van der Waals surface area (Å²) in [6.07, 6.45) is -4.30. The fourth-order valence-electron chi connectivity index (χ4n) is 0.792. The molecule has 2 nitrogen and oxygen atoms in total. The molecule has 0 saturated heterocycles. The Morgan fingerprint density at radius 1 is 1.25 bits per heavy atom. The van der Waals surface area contributed by atoms with E-state index in [-0.39, 0.29) is 11.0 Å². The quantitative estimate of drug-likeness (QED) is 0.696. The Bertz CT molecular complexity index is 266. The lowest BCUT2D eigenvalue weighted by Gasteiger charge is -2.01. The van der Waals surface area contributed by atoms with Crippen LogP contribution in [0.3, 0.4) is 0 Å². The van der Waals surface area contributed by atoms with E-state index in [1.165, 1.54) is 6.92 Å². The summed E-state index contributed by atoms with van der Waals surface area (Å²) in [6, 6.07) is 0. The molecule has 1 aromatic heterocycles. The van der Waals surface area contributed by atoms with Crippen molar-refractivity contribution in [3.05, 3.63) is 15.6 Å². The highest BCUT2D eigenvalue weighted by Crippen LogP contribution is 2.33. The number of halogens is 3. The SMILES string of the molecule is Cc1nc(C(F)(F)F)c(C)s1.N. The van der Waals surface area contributed by atoms with E-state index in [4.69, 9.17) is 0 Å². The Labute approximate surface area is 72.0 Å². The molecule has 70 valence electrons. The smallest absolute Gasteiger partial charge is 0.344 e. The molecule has 0 atom stereocenters. The number of hydrogen-bond acceptors (Lipinski definition) is 3. The Kier molecular flexibility index (Phi) is 3.23. The zero-order valence-electron chi connectivity index (χ0n) is 6.70. The van der Waals surface area contributed by atoms with E-state index in [9.17, 15) is 13.2 Å². The molecule has 0 aliphatic rings. The van der Waals surface area contributed by atoms with E-state index in [0.29, 0.717) is 5.01 Å². The predicted molar refractivity (Wildman–Crippen MR) is 41.6 cm³/mol. The minimum atomic E-state index is -4.30. The molecule has 0 aliphatic heterocycles. The highest BCUT2D eigenvalue weighted by atomic mass is 32.1. The normalized spacial score (nSPS) is 11.1. The number of aryl methyl sites for hydroxylation is 2. The Morgan fingerprint density at radius 2 is 1.75 bits per heavy atom. The molecular weight excluding hydrogens is 189 g/mol. The minimum Gasteiger partial charge on any atom is -0.344 e. The van der Waals surface area contributed by atoms with Crippen molar-refractivity contribution in [3.63, 3.8) is 0 Å². The van der Waals surface area contributed by atoms with Crippen LogP contribution in [-0.4, -0.2) is 4.98 Å². The molecule has 0 aliphatic carbocycles. The summed E-state index contributed by atoms with van der Waals surface area (Å²) >= 11 is 1.06. The van der Waals surface area contributed by atoms with Gasteiger partial charge >= 0.3 is 6.18 Å². The molecule has 0 aromatic carbocycles. The molecule has 0 saturated carbocycles. The number of nitrogens with zero attached hydrogens (tertiary/aromatic N) is 1. The maximum Gasteiger partial charge on any atom is 0.434 e. The topological polar surface area (TPSA) is 47.9 Å². The van der Waals surface area contributed by atoms with E-state index >= 15 is 0 Å². The molecular formula is C6H9F3N2S. The molecule has 1 rings (SSSR count). The van der Waals surface area contributed by atoms with Crippen molar-refractivity contribution in [2.75, 3.05) is 0 Å². The first-order chi connectivity index (χ1) is 4.91. The van der Waals surface area contributed by atoms with Crippen molar-refractivity contribution in [2.45, 2.75) is 20.0 Å². The lowest BCUT2D eigenvalue weighted by atomic mass is 10.4. The number of thiazole rings is 1. The van der Waals surface area contributed by atoms with Crippen LogP contribution in [0.5, 0.6) is 0 Å². The molecule has 0 unspecified atom stereocenters. The standard InChI is InChI=1S/C6H6F3NS.H3N/c1-3-5(6(7,8)9)10-4(2)11-3;/h1-2H3;1H3. The summed E-state index contributed by atoms with van der Waals surface area (Å²) in [4.78, 5) is 3.61. The third kappa shape index (κ3) is 2.18. The summed E-state index contributed by atoms with van der Waals surface area (Å²) < 4.78 is 36.0. The van der Waals surface area contributed by atoms with Crippen LogP contribution in [0.1, 0.15) is 15.6 Å². The average Bonchev–Trinajstić information content (AvgIpc) is 2.08. The van der Waals surface area contributed by atoms with Gasteiger partial charge in [-0.15, -0.1) is 11.3 Å². The van der Waals surface area contributed by atoms with Gasteiger partial charge in [-0.25, -0.2) is 4.98 Å². The molecule has 0 fully saturated rings. The van der Waals surface area contributed by atoms with Crippen LogP contribution < -0.4 is 6.15 Å². The van der Waals surface area contributed by atoms with Crippen molar-refractivity contribution in [1.82, 2.24) is 11.1 Å². The van der Waals surface area contributed by atoms with E-state index in [0.717, 1.165) is 11.3 Å². The van der Waals surface area contributed by atoms with Crippen LogP contribution in [0.25, 0.3) is 0 Å². The van der Waals surface area contributed by atoms with Gasteiger partial charge in [-0.1, -0.05) is 0 Å². The fourth-order valence-corrected chi connectivity index (χ4v) is 1.63. The summed E-state index contributed by atoms with van der Waals surface area (Å²) in [7, 11) is 0. The first-order valence-corrected chi connectivity index (χ1v) is 3.74. The van der Waals surface area contributed by atoms with Crippen LogP contribution in [0.4, 0.5) is 13.2 Å². The lowest BCUT2D eigenvalue weighted by molar-refractivity contribution is -0.141. The maximum atomic E-state index is 12.0. The van der Waals surface area contributed by atoms with Crippen LogP contribution in [-0.2, 0) is 6.18 Å². The van der Waals surface area contributed by atoms with Gasteiger partial charge in [0.15, 0.2) is 5.69 Å². The molecule has 0 spiro atoms. The monoisotopic (exact) mass is 198 g/mol. The summed E-state index contributed by atoms with van der Waals surface area (Å²) in [6.45, 7) is 2.99. The van der Waals surface area contributed by atoms with Crippen molar-refractivity contribution in [1.29, 1.82) is 0 Å². The summed E-state index contributed by atoms with van der Waals surface area (Å²) in [5.41, 5.74) is -0.750. The van der Waals surface area contributed by atoms with E-state index in [1.54, 1.807) is 6.92 Å². The summed E-state index contributed by atoms with van der Waals surface area (Å²) in [5, 5.41) is 0.454. The van der Waals surface area contributed by atoms with Crippen molar-refractivity contribution < 1.29 is 13.2 Å². The zero-order valence-corrected chi connectivity index (χ0v) is 7.51. The Hall–Kier alpha value is -0.620. The number of rotatable bonds is 0. The molecule has 1 heterocycles. The van der Waals surface area contributed by atoms with Crippen LogP contribution in [0, 0.1) is 13.8 Å². The van der Waals surface area contributed by atoms with Crippen molar-refractivity contribution in [2.24, 2.45) is 0 Å². The van der Waals surface area contributed by atoms with E-state index in [1.807, 2.05) is 0 Å². The molecule has 1 aromatic rings. The number of alkyl halides is 3. The van der Waals surface area contributed by atoms with Crippen LogP contribution in [0.15, 0.2) is 0 Å². The van der Waals surface area contributed by atoms with Gasteiger partial charge in [0, 0.05) is 4.88 Å². The van der Waals surface area contributed by atoms with Crippen molar-refractivity contribution >= 4 is 11.3 Å². The second-order valence-corrected chi connectivity index (χ2v) is 3.54. The largest absolute Gasteiger partial charge is 0.434 e. The minimum absolute atomic E-state index is 0. The molecule has 0 radical (unpaired) electrons. The second kappa shape index (κ2) is 3.40. The average molecular weight is 198 g/mol. The van der Waals surface area contributed by atoms with Gasteiger partial charge in [0.25, 0.3) is 0 Å². The zero-order chi connectivity index (χ0) is 8.65. The van der Waals surface area contributed by atoms with Crippen molar-refractivity contribution in [3.8, 4) is 0 Å². The highest BCUT2D eigenvalue weighted by molar-refractivity contribution is 7.11. The second-order valence-electron chi connectivity index (χ2n) is 2.14. The highest BCUT2D eigenvalue weighted by Gasteiger charge is 2.35. The van der Waals surface area contributed by atoms with Crippen LogP contribution in [0.2, 0.25) is 0 Å². The van der Waals surface area contributed by atoms with Crippen LogP contribution >= 0.6 is 11.3 Å². The summed E-state index contributed by atoms with van der Waals surface area (Å²) in [5.74, 6) is 0. The third-order valence-electron chi connectivity index (χ3n) is 1.17. The molecule has 12 heavy (non-hydrogen) atoms. The Morgan fingerprint density at radius 3 is 1.92 bits per heavy atom. The number of hydrogen-bond donors (Lipinski definition) is 1. The van der Waals surface area contributed by atoms with Gasteiger partial charge in [0.2, 0.25) is 0 Å². The maximum absolute atomic E-state index is 12.0.